The van der Waals surface area contributed by atoms with E-state index in [4.69, 9.17) is 0 Å². The van der Waals surface area contributed by atoms with Gasteiger partial charge in [0, 0.05) is 30.5 Å². The summed E-state index contributed by atoms with van der Waals surface area (Å²) in [5.41, 5.74) is 2.30. The van der Waals surface area contributed by atoms with Gasteiger partial charge in [0.1, 0.15) is 6.04 Å². The van der Waals surface area contributed by atoms with Crippen molar-refractivity contribution >= 4 is 39.9 Å². The molecule has 1 unspecified atom stereocenters. The van der Waals surface area contributed by atoms with Gasteiger partial charge in [-0.1, -0.05) is 26.0 Å². The molecule has 0 spiro atoms. The summed E-state index contributed by atoms with van der Waals surface area (Å²) < 4.78 is 0. The van der Waals surface area contributed by atoms with Gasteiger partial charge in [-0.15, -0.1) is 11.3 Å². The van der Waals surface area contributed by atoms with Gasteiger partial charge in [0.2, 0.25) is 17.7 Å². The van der Waals surface area contributed by atoms with Crippen molar-refractivity contribution in [2.75, 3.05) is 10.6 Å². The minimum absolute atomic E-state index is 0.0420. The molecular weight excluding hydrogens is 352 g/mol. The first-order valence-corrected chi connectivity index (χ1v) is 9.05. The van der Waals surface area contributed by atoms with Crippen molar-refractivity contribution in [1.82, 2.24) is 10.3 Å². The summed E-state index contributed by atoms with van der Waals surface area (Å²) in [6.07, 6.45) is 0. The lowest BCUT2D eigenvalue weighted by Crippen LogP contribution is -2.46. The van der Waals surface area contributed by atoms with E-state index in [1.807, 2.05) is 31.4 Å². The summed E-state index contributed by atoms with van der Waals surface area (Å²) in [5.74, 6) is -0.718. The minimum atomic E-state index is -0.614. The maximum Gasteiger partial charge on any atom is 0.248 e. The van der Waals surface area contributed by atoms with E-state index in [1.165, 1.54) is 25.2 Å². The topological polar surface area (TPSA) is 100 Å². The Balaban J connectivity index is 2.08. The highest BCUT2D eigenvalue weighted by molar-refractivity contribution is 7.14. The molecule has 8 heteroatoms. The van der Waals surface area contributed by atoms with Crippen molar-refractivity contribution in [2.45, 2.75) is 33.7 Å². The zero-order chi connectivity index (χ0) is 19.3. The molecule has 1 heterocycles. The van der Waals surface area contributed by atoms with Gasteiger partial charge in [-0.25, -0.2) is 4.98 Å². The number of nitrogens with zero attached hydrogens (tertiary/aromatic N) is 1. The third-order valence-corrected chi connectivity index (χ3v) is 4.30. The second-order valence-electron chi connectivity index (χ2n) is 6.21. The number of aromatic nitrogens is 1. The van der Waals surface area contributed by atoms with Gasteiger partial charge >= 0.3 is 0 Å². The highest BCUT2D eigenvalue weighted by atomic mass is 32.1. The molecule has 0 fully saturated rings. The van der Waals surface area contributed by atoms with Gasteiger partial charge in [-0.05, 0) is 18.1 Å². The Labute approximate surface area is 156 Å². The number of carbonyl (C=O) groups excluding carboxylic acids is 3. The van der Waals surface area contributed by atoms with Crippen molar-refractivity contribution in [3.8, 4) is 11.3 Å². The maximum atomic E-state index is 12.4. The summed E-state index contributed by atoms with van der Waals surface area (Å²) in [4.78, 5) is 39.1. The van der Waals surface area contributed by atoms with E-state index in [0.29, 0.717) is 10.8 Å². The largest absolute Gasteiger partial charge is 0.344 e. The summed E-state index contributed by atoms with van der Waals surface area (Å²) in [6.45, 7) is 6.57. The fraction of sp³-hybridized carbons (Fsp3) is 0.333. The smallest absolute Gasteiger partial charge is 0.248 e. The molecule has 0 aliphatic carbocycles. The third-order valence-electron chi connectivity index (χ3n) is 3.54. The molecule has 7 nitrogen and oxygen atoms in total. The van der Waals surface area contributed by atoms with Crippen LogP contribution in [0.15, 0.2) is 29.6 Å². The molecule has 1 atom stereocenters. The molecule has 0 aliphatic rings. The molecule has 2 rings (SSSR count). The standard InChI is InChI=1S/C18H22N4O3S/c1-10(2)16(20-12(4)24)17(25)22-18-21-15(9-26-18)13-5-7-14(8-6-13)19-11(3)23/h5-10,16H,1-4H3,(H,19,23)(H,20,24)(H,21,22,25). The predicted molar refractivity (Wildman–Crippen MR) is 103 cm³/mol. The van der Waals surface area contributed by atoms with Crippen LogP contribution in [0.4, 0.5) is 10.8 Å². The maximum absolute atomic E-state index is 12.4. The van der Waals surface area contributed by atoms with Crippen molar-refractivity contribution in [1.29, 1.82) is 0 Å². The van der Waals surface area contributed by atoms with Crippen molar-refractivity contribution < 1.29 is 14.4 Å². The van der Waals surface area contributed by atoms with Gasteiger partial charge in [0.15, 0.2) is 5.13 Å². The van der Waals surface area contributed by atoms with Crippen LogP contribution in [0.3, 0.4) is 0 Å². The first-order chi connectivity index (χ1) is 12.3. The van der Waals surface area contributed by atoms with Gasteiger partial charge in [-0.3, -0.25) is 14.4 Å². The highest BCUT2D eigenvalue weighted by Gasteiger charge is 2.23. The number of anilines is 2. The summed E-state index contributed by atoms with van der Waals surface area (Å²) >= 11 is 1.31. The summed E-state index contributed by atoms with van der Waals surface area (Å²) in [5, 5.41) is 10.4. The van der Waals surface area contributed by atoms with Crippen molar-refractivity contribution in [2.24, 2.45) is 5.92 Å². The number of amides is 3. The van der Waals surface area contributed by atoms with Crippen LogP contribution in [0.25, 0.3) is 11.3 Å². The zero-order valence-corrected chi connectivity index (χ0v) is 15.9. The van der Waals surface area contributed by atoms with Crippen LogP contribution >= 0.6 is 11.3 Å². The Hall–Kier alpha value is -2.74. The molecule has 138 valence electrons. The van der Waals surface area contributed by atoms with E-state index in [9.17, 15) is 14.4 Å². The molecule has 2 aromatic rings. The average molecular weight is 374 g/mol. The van der Waals surface area contributed by atoms with Crippen LogP contribution in [-0.4, -0.2) is 28.7 Å². The van der Waals surface area contributed by atoms with E-state index < -0.39 is 6.04 Å². The Bertz CT molecular complexity index is 799. The first-order valence-electron chi connectivity index (χ1n) is 8.17. The van der Waals surface area contributed by atoms with E-state index in [2.05, 4.69) is 20.9 Å². The molecule has 0 saturated heterocycles. The highest BCUT2D eigenvalue weighted by Crippen LogP contribution is 2.26. The third kappa shape index (κ3) is 5.38. The lowest BCUT2D eigenvalue weighted by Gasteiger charge is -2.20. The van der Waals surface area contributed by atoms with Gasteiger partial charge in [-0.2, -0.15) is 0 Å². The van der Waals surface area contributed by atoms with Crippen LogP contribution in [0, 0.1) is 5.92 Å². The lowest BCUT2D eigenvalue weighted by molar-refractivity contribution is -0.126. The van der Waals surface area contributed by atoms with Crippen LogP contribution in [0.1, 0.15) is 27.7 Å². The SMILES string of the molecule is CC(=O)Nc1ccc(-c2csc(NC(=O)C(NC(C)=O)C(C)C)n2)cc1. The van der Waals surface area contributed by atoms with Crippen molar-refractivity contribution in [3.63, 3.8) is 0 Å². The van der Waals surface area contributed by atoms with Gasteiger partial charge < -0.3 is 16.0 Å². The van der Waals surface area contributed by atoms with E-state index in [-0.39, 0.29) is 23.6 Å². The van der Waals surface area contributed by atoms with Gasteiger partial charge in [0.25, 0.3) is 0 Å². The predicted octanol–water partition coefficient (Wildman–Crippen LogP) is 2.87. The second-order valence-corrected chi connectivity index (χ2v) is 7.07. The number of hydrogen-bond acceptors (Lipinski definition) is 5. The van der Waals surface area contributed by atoms with E-state index in [0.717, 1.165) is 11.3 Å². The number of hydrogen-bond donors (Lipinski definition) is 3. The van der Waals surface area contributed by atoms with E-state index >= 15 is 0 Å². The molecule has 3 N–H and O–H groups in total. The molecule has 0 aliphatic heterocycles. The molecule has 1 aromatic carbocycles. The average Bonchev–Trinajstić information content (AvgIpc) is 3.00. The Morgan fingerprint density at radius 1 is 1.00 bits per heavy atom. The van der Waals surface area contributed by atoms with Crippen LogP contribution in [0.2, 0.25) is 0 Å². The first kappa shape index (κ1) is 19.6. The van der Waals surface area contributed by atoms with Crippen LogP contribution in [-0.2, 0) is 14.4 Å². The molecule has 0 saturated carbocycles. The number of benzene rings is 1. The Morgan fingerprint density at radius 3 is 2.19 bits per heavy atom. The lowest BCUT2D eigenvalue weighted by atomic mass is 10.0. The molecule has 3 amide bonds. The summed E-state index contributed by atoms with van der Waals surface area (Å²) in [6, 6.07) is 6.66. The fourth-order valence-corrected chi connectivity index (χ4v) is 3.05. The monoisotopic (exact) mass is 374 g/mol. The second kappa shape index (κ2) is 8.57. The van der Waals surface area contributed by atoms with Gasteiger partial charge in [0.05, 0.1) is 5.69 Å². The van der Waals surface area contributed by atoms with E-state index in [1.54, 1.807) is 12.1 Å². The molecular formula is C18H22N4O3S. The minimum Gasteiger partial charge on any atom is -0.344 e. The molecule has 1 aromatic heterocycles. The van der Waals surface area contributed by atoms with Crippen LogP contribution < -0.4 is 16.0 Å². The number of thiazole rings is 1. The van der Waals surface area contributed by atoms with Crippen molar-refractivity contribution in [3.05, 3.63) is 29.6 Å². The summed E-state index contributed by atoms with van der Waals surface area (Å²) in [7, 11) is 0. The Morgan fingerprint density at radius 2 is 1.65 bits per heavy atom. The molecule has 0 radical (unpaired) electrons. The molecule has 26 heavy (non-hydrogen) atoms. The number of rotatable bonds is 6. The van der Waals surface area contributed by atoms with Crippen LogP contribution in [0.5, 0.6) is 0 Å². The Kier molecular flexibility index (Phi) is 6.46. The zero-order valence-electron chi connectivity index (χ0n) is 15.1. The number of carbonyl (C=O) groups is 3. The fourth-order valence-electron chi connectivity index (χ4n) is 2.33. The number of nitrogens with one attached hydrogen (secondary N) is 3. The molecule has 0 bridgehead atoms. The quantitative estimate of drug-likeness (QED) is 0.724. The normalized spacial score (nSPS) is 11.7.